The molecule has 0 fully saturated rings. The predicted octanol–water partition coefficient (Wildman–Crippen LogP) is 3.01. The molecule has 0 radical (unpaired) electrons. The van der Waals surface area contributed by atoms with Crippen LogP contribution >= 0.6 is 0 Å². The Morgan fingerprint density at radius 3 is 2.28 bits per heavy atom. The number of aromatic nitrogens is 1. The van der Waals surface area contributed by atoms with Crippen LogP contribution in [-0.4, -0.2) is 18.8 Å². The molecule has 0 bridgehead atoms. The molecule has 25 heavy (non-hydrogen) atoms. The molecule has 0 amide bonds. The quantitative estimate of drug-likeness (QED) is 0.211. The Bertz CT molecular complexity index is 908. The number of hydrogen-bond donors (Lipinski definition) is 0. The third-order valence-electron chi connectivity index (χ3n) is 3.53. The van der Waals surface area contributed by atoms with E-state index in [-0.39, 0.29) is 17.1 Å². The summed E-state index contributed by atoms with van der Waals surface area (Å²) in [6.07, 6.45) is 4.88. The Balaban J connectivity index is 2.60. The van der Waals surface area contributed by atoms with E-state index in [0.29, 0.717) is 11.3 Å². The fourth-order valence-corrected chi connectivity index (χ4v) is 2.42. The normalized spacial score (nSPS) is 10.6. The molecule has 2 aromatic rings. The summed E-state index contributed by atoms with van der Waals surface area (Å²) in [4.78, 5) is 13.0. The molecule has 1 aromatic heterocycles. The lowest BCUT2D eigenvalue weighted by molar-refractivity contribution is -0.577. The first-order valence-electron chi connectivity index (χ1n) is 7.56. The summed E-state index contributed by atoms with van der Waals surface area (Å²) < 4.78 is 6.75. The highest BCUT2D eigenvalue weighted by Gasteiger charge is 2.23. The molecule has 0 aliphatic carbocycles. The van der Waals surface area contributed by atoms with E-state index in [1.54, 1.807) is 60.3 Å². The first-order chi connectivity index (χ1) is 12.0. The number of methoxy groups -OCH3 is 1. The molecular formula is C20H17N3O2. The smallest absolute Gasteiger partial charge is 0.260 e. The first kappa shape index (κ1) is 17.9. The van der Waals surface area contributed by atoms with Crippen molar-refractivity contribution in [2.75, 3.05) is 7.11 Å². The topological polar surface area (TPSA) is 76.3 Å². The minimum Gasteiger partial charge on any atom is -0.762 e. The van der Waals surface area contributed by atoms with Gasteiger partial charge in [-0.3, -0.25) is 10.7 Å². The second kappa shape index (κ2) is 7.87. The maximum absolute atomic E-state index is 13.0. The van der Waals surface area contributed by atoms with Gasteiger partial charge in [0.05, 0.1) is 12.7 Å². The standard InChI is InChI=1S/C20H17N3O2/c1-14-8-15(2)13-23(12-14)19(9-16(10-21)11-22)20(24)17-4-6-18(25-3)7-5-17/h4-9,12-13H,1-3H3. The van der Waals surface area contributed by atoms with Crippen molar-refractivity contribution in [2.24, 2.45) is 0 Å². The Morgan fingerprint density at radius 1 is 1.20 bits per heavy atom. The lowest BCUT2D eigenvalue weighted by atomic mass is 10.1. The lowest BCUT2D eigenvalue weighted by Crippen LogP contribution is -2.36. The number of aryl methyl sites for hydroxylation is 2. The van der Waals surface area contributed by atoms with Gasteiger partial charge in [0.25, 0.3) is 11.5 Å². The fourth-order valence-electron chi connectivity index (χ4n) is 2.42. The highest BCUT2D eigenvalue weighted by molar-refractivity contribution is 6.22. The van der Waals surface area contributed by atoms with E-state index >= 15 is 0 Å². The molecule has 0 unspecified atom stereocenters. The van der Waals surface area contributed by atoms with Gasteiger partial charge in [-0.25, -0.2) is 0 Å². The van der Waals surface area contributed by atoms with Crippen molar-refractivity contribution in [2.45, 2.75) is 13.8 Å². The summed E-state index contributed by atoms with van der Waals surface area (Å²) in [6.45, 7) is 3.83. The molecule has 0 atom stereocenters. The molecule has 1 heterocycles. The van der Waals surface area contributed by atoms with Gasteiger partial charge in [0.2, 0.25) is 0 Å². The number of ketones is 1. The van der Waals surface area contributed by atoms with E-state index in [2.05, 4.69) is 0 Å². The third kappa shape index (κ3) is 4.29. The Hall–Kier alpha value is -3.48. The van der Waals surface area contributed by atoms with Gasteiger partial charge in [0.15, 0.2) is 12.4 Å². The predicted molar refractivity (Wildman–Crippen MR) is 95.2 cm³/mol. The fraction of sp³-hybridized carbons (Fsp3) is 0.150. The lowest BCUT2D eigenvalue weighted by Gasteiger charge is -2.05. The highest BCUT2D eigenvalue weighted by Crippen LogP contribution is 2.16. The van der Waals surface area contributed by atoms with E-state index in [1.165, 1.54) is 6.08 Å². The number of pyridine rings is 1. The van der Waals surface area contributed by atoms with E-state index in [4.69, 9.17) is 15.4 Å². The molecule has 124 valence electrons. The summed E-state index contributed by atoms with van der Waals surface area (Å²) in [5, 5.41) is 18.1. The zero-order valence-corrected chi connectivity index (χ0v) is 14.3. The van der Waals surface area contributed by atoms with Crippen LogP contribution in [-0.2, 0) is 0 Å². The summed E-state index contributed by atoms with van der Waals surface area (Å²) >= 11 is 0. The molecule has 2 rings (SSSR count). The Morgan fingerprint density at radius 2 is 1.80 bits per heavy atom. The van der Waals surface area contributed by atoms with Crippen molar-refractivity contribution in [1.29, 1.82) is 5.26 Å². The minimum absolute atomic E-state index is 0.136. The van der Waals surface area contributed by atoms with Gasteiger partial charge in [0, 0.05) is 22.8 Å². The largest absolute Gasteiger partial charge is 0.762 e. The van der Waals surface area contributed by atoms with Gasteiger partial charge in [0.1, 0.15) is 11.8 Å². The number of nitriles is 1. The molecule has 5 nitrogen and oxygen atoms in total. The number of nitrogens with zero attached hydrogens (tertiary/aromatic N) is 3. The van der Waals surface area contributed by atoms with Crippen LogP contribution < -0.4 is 9.30 Å². The van der Waals surface area contributed by atoms with Crippen LogP contribution in [0.25, 0.3) is 11.1 Å². The maximum Gasteiger partial charge on any atom is 0.260 e. The number of carbonyl (C=O) groups excluding carboxylic acids is 1. The summed E-state index contributed by atoms with van der Waals surface area (Å²) in [6, 6.07) is 10.5. The van der Waals surface area contributed by atoms with Gasteiger partial charge in [-0.05, 0) is 44.2 Å². The van der Waals surface area contributed by atoms with E-state index in [1.807, 2.05) is 19.9 Å². The minimum atomic E-state index is -0.291. The van der Waals surface area contributed by atoms with Crippen molar-refractivity contribution >= 4 is 17.4 Å². The average Bonchev–Trinajstić information content (AvgIpc) is 2.61. The van der Waals surface area contributed by atoms with Gasteiger partial charge >= 0.3 is 0 Å². The summed E-state index contributed by atoms with van der Waals surface area (Å²) in [5.41, 5.74) is 2.46. The van der Waals surface area contributed by atoms with Crippen molar-refractivity contribution < 1.29 is 14.1 Å². The van der Waals surface area contributed by atoms with Crippen LogP contribution in [0.2, 0.25) is 0 Å². The molecule has 1 aromatic carbocycles. The van der Waals surface area contributed by atoms with Crippen LogP contribution in [0.15, 0.2) is 54.4 Å². The number of carbonyl (C=O) groups is 1. The zero-order chi connectivity index (χ0) is 18.4. The second-order valence-electron chi connectivity index (χ2n) is 5.52. The monoisotopic (exact) mass is 331 g/mol. The maximum atomic E-state index is 13.0. The number of benzene rings is 1. The van der Waals surface area contributed by atoms with E-state index < -0.39 is 0 Å². The van der Waals surface area contributed by atoms with Gasteiger partial charge in [-0.15, -0.1) is 0 Å². The Kier molecular flexibility index (Phi) is 5.62. The number of hydrogen-bond acceptors (Lipinski definition) is 3. The number of Topliss-reactive ketones (excluding diaryl/α,β-unsaturated/α-hetero) is 1. The first-order valence-corrected chi connectivity index (χ1v) is 7.56. The highest BCUT2D eigenvalue weighted by atomic mass is 16.5. The van der Waals surface area contributed by atoms with Gasteiger partial charge in [-0.2, -0.15) is 9.83 Å². The molecule has 0 N–H and O–H groups in total. The van der Waals surface area contributed by atoms with E-state index in [9.17, 15) is 4.79 Å². The summed E-state index contributed by atoms with van der Waals surface area (Å²) in [5.74, 6) is 2.15. The second-order valence-corrected chi connectivity index (χ2v) is 5.52. The summed E-state index contributed by atoms with van der Waals surface area (Å²) in [7, 11) is 1.55. The molecule has 0 aliphatic heterocycles. The van der Waals surface area contributed by atoms with Crippen molar-refractivity contribution in [3.63, 3.8) is 0 Å². The SMILES string of the molecule is COc1ccc(C(=O)C(=CC(=C=[N-])C#N)[n+]2cc(C)cc(C)c2)cc1. The number of ether oxygens (including phenoxy) is 1. The van der Waals surface area contributed by atoms with Crippen LogP contribution in [0, 0.1) is 25.2 Å². The zero-order valence-electron chi connectivity index (χ0n) is 14.3. The molecular weight excluding hydrogens is 314 g/mol. The van der Waals surface area contributed by atoms with Crippen LogP contribution in [0.5, 0.6) is 5.75 Å². The van der Waals surface area contributed by atoms with Gasteiger partial charge < -0.3 is 10.1 Å². The molecule has 5 heteroatoms. The van der Waals surface area contributed by atoms with Crippen molar-refractivity contribution in [1.82, 2.24) is 0 Å². The Labute approximate surface area is 146 Å². The van der Waals surface area contributed by atoms with Crippen molar-refractivity contribution in [3.8, 4) is 11.8 Å². The number of rotatable bonds is 5. The van der Waals surface area contributed by atoms with Gasteiger partial charge in [-0.1, -0.05) is 0 Å². The van der Waals surface area contributed by atoms with Crippen LogP contribution in [0.3, 0.4) is 0 Å². The molecule has 0 spiro atoms. The van der Waals surface area contributed by atoms with E-state index in [0.717, 1.165) is 11.1 Å². The molecule has 0 saturated carbocycles. The van der Waals surface area contributed by atoms with Crippen LogP contribution in [0.1, 0.15) is 21.5 Å². The average molecular weight is 331 g/mol. The van der Waals surface area contributed by atoms with Crippen LogP contribution in [0.4, 0.5) is 0 Å². The molecule has 0 aliphatic rings. The number of allylic oxidation sites excluding steroid dienone is 3. The third-order valence-corrected chi connectivity index (χ3v) is 3.53. The van der Waals surface area contributed by atoms with Crippen molar-refractivity contribution in [3.05, 3.63) is 76.5 Å². The molecule has 0 saturated heterocycles.